The lowest BCUT2D eigenvalue weighted by molar-refractivity contribution is 0.0408. The first kappa shape index (κ1) is 78.1. The van der Waals surface area contributed by atoms with Crippen molar-refractivity contribution < 1.29 is 39.7 Å². The van der Waals surface area contributed by atoms with Crippen molar-refractivity contribution in [3.8, 4) is 0 Å². The van der Waals surface area contributed by atoms with Crippen LogP contribution in [-0.4, -0.2) is 107 Å². The molecule has 5 rings (SSSR count). The Morgan fingerprint density at radius 1 is 0.475 bits per heavy atom. The van der Waals surface area contributed by atoms with E-state index in [2.05, 4.69) is 57.1 Å². The van der Waals surface area contributed by atoms with Gasteiger partial charge in [0.05, 0.1) is 25.9 Å². The number of hydrogen-bond acceptors (Lipinski definition) is 8. The number of aliphatic hydroxyl groups is 1. The van der Waals surface area contributed by atoms with Gasteiger partial charge in [0.1, 0.15) is 6.10 Å². The number of ether oxygens (including phenoxy) is 7. The van der Waals surface area contributed by atoms with Crippen molar-refractivity contribution in [3.05, 3.63) is 145 Å². The zero-order chi connectivity index (χ0) is 49.1. The van der Waals surface area contributed by atoms with Crippen molar-refractivity contribution in [2.75, 3.05) is 89.9 Å². The van der Waals surface area contributed by atoms with Crippen LogP contribution in [0.5, 0.6) is 0 Å². The van der Waals surface area contributed by atoms with Crippen molar-refractivity contribution in [1.29, 1.82) is 0 Å². The predicted octanol–water partition coefficient (Wildman–Crippen LogP) is 13.8. The largest absolute Gasteiger partial charge is 1.00 e. The average Bonchev–Trinajstić information content (AvgIpc) is 4.16. The number of hydrogen-bond donors (Lipinski definition) is 1. The Morgan fingerprint density at radius 2 is 0.689 bits per heavy atom. The van der Waals surface area contributed by atoms with Gasteiger partial charge in [0, 0.05) is 70.1 Å². The number of aliphatic hydroxyl groups excluding tert-OH is 1. The fourth-order valence-corrected chi connectivity index (χ4v) is 2.62. The summed E-state index contributed by atoms with van der Waals surface area (Å²) in [5.74, 6) is 0. The molecule has 1 saturated heterocycles. The molecule has 1 heterocycles. The highest BCUT2D eigenvalue weighted by molar-refractivity contribution is 5.12. The Hall–Kier alpha value is -3.44. The van der Waals surface area contributed by atoms with Gasteiger partial charge in [-0.3, -0.25) is 0 Å². The van der Waals surface area contributed by atoms with Crippen molar-refractivity contribution in [2.24, 2.45) is 0 Å². The van der Waals surface area contributed by atoms with E-state index in [0.717, 1.165) is 26.2 Å². The van der Waals surface area contributed by atoms with Crippen LogP contribution < -0.4 is 0 Å². The number of benzene rings is 4. The molecule has 2 atom stereocenters. The zero-order valence-electron chi connectivity index (χ0n) is 44.4. The molecule has 1 aliphatic rings. The summed E-state index contributed by atoms with van der Waals surface area (Å²) in [6.07, 6.45) is 0.940. The van der Waals surface area contributed by atoms with Crippen LogP contribution in [0.4, 0.5) is 0 Å². The smallest absolute Gasteiger partial charge is 0.391 e. The second-order valence-electron chi connectivity index (χ2n) is 10.6. The number of epoxide rings is 1. The van der Waals surface area contributed by atoms with Crippen LogP contribution >= 0.6 is 0 Å². The van der Waals surface area contributed by atoms with E-state index in [1.165, 1.54) is 11.1 Å². The summed E-state index contributed by atoms with van der Waals surface area (Å²) < 4.78 is 31.9. The highest BCUT2D eigenvalue weighted by Crippen LogP contribution is 2.07. The molecular weight excluding hydrogens is 765 g/mol. The quantitative estimate of drug-likeness (QED) is 0.184. The fourth-order valence-electron chi connectivity index (χ4n) is 2.62. The topological polar surface area (TPSA) is 88.1 Å². The molecule has 1 aliphatic heterocycles. The summed E-state index contributed by atoms with van der Waals surface area (Å²) in [4.78, 5) is 0. The van der Waals surface area contributed by atoms with Gasteiger partial charge in [-0.1, -0.05) is 207 Å². The highest BCUT2D eigenvalue weighted by Gasteiger charge is 2.21. The van der Waals surface area contributed by atoms with E-state index < -0.39 is 0 Å². The molecule has 1 N–H and O–H groups in total. The standard InChI is InChI=1S/2C7H8.C6H14O2.2C6H6.C5H10O2.4C2H6O.4C2H6/c2*1-7-5-3-2-4-6-7;1-3-6(7)5-8-4-2;2*1-2-4-6-5-3-1;1-2-6-3-5-4-7-5;4*1-3-2;4*1-2/h2*2-6H,1H3;6-7H,3-5H2,1-2H3;2*1-6H;5H,2-4H2,1H3;4*1-2H3;4*1-2H3/p+1. The summed E-state index contributed by atoms with van der Waals surface area (Å²) in [6, 6.07) is 44.5. The Bertz CT molecular complexity index is 934. The normalized spacial score (nSPS) is 10.2. The number of methoxy groups -OCH3 is 4. The monoisotopic (exact) mass is 866 g/mol. The van der Waals surface area contributed by atoms with Gasteiger partial charge >= 0.3 is 1.43 Å². The van der Waals surface area contributed by atoms with Gasteiger partial charge in [0.25, 0.3) is 0 Å². The third kappa shape index (κ3) is 119. The molecular formula is C53H101O8+. The second-order valence-corrected chi connectivity index (χ2v) is 10.6. The summed E-state index contributed by atoms with van der Waals surface area (Å²) in [5.41, 5.74) is 2.64. The van der Waals surface area contributed by atoms with E-state index in [-0.39, 0.29) is 7.53 Å². The lowest BCUT2D eigenvalue weighted by Crippen LogP contribution is -2.13. The lowest BCUT2D eigenvalue weighted by Gasteiger charge is -2.05. The molecule has 8 heteroatoms. The molecule has 360 valence electrons. The maximum absolute atomic E-state index is 8.86. The first-order chi connectivity index (χ1) is 29.7. The van der Waals surface area contributed by atoms with Gasteiger partial charge in [-0.2, -0.15) is 0 Å². The molecule has 0 saturated carbocycles. The maximum atomic E-state index is 8.86. The Labute approximate surface area is 381 Å². The van der Waals surface area contributed by atoms with Gasteiger partial charge in [-0.25, -0.2) is 0 Å². The summed E-state index contributed by atoms with van der Waals surface area (Å²) in [7, 11) is 13.0. The van der Waals surface area contributed by atoms with Crippen LogP contribution in [0.1, 0.15) is 95.1 Å². The lowest BCUT2D eigenvalue weighted by atomic mass is 10.2. The molecule has 0 aromatic heterocycles. The third-order valence-corrected chi connectivity index (χ3v) is 5.11. The van der Waals surface area contributed by atoms with Crippen LogP contribution in [-0.2, 0) is 33.2 Å². The molecule has 4 aromatic carbocycles. The SMILES string of the molecule is CC.CC.CC.CC.CCOCC(O)CC.CCOCC1CO1.COC.COC.COC.COC.Cc1ccccc1.Cc1ccccc1.[H+].c1ccccc1.c1ccccc1. The minimum absolute atomic E-state index is 0. The minimum Gasteiger partial charge on any atom is -0.391 e. The van der Waals surface area contributed by atoms with Crippen molar-refractivity contribution >= 4 is 0 Å². The molecule has 4 aromatic rings. The van der Waals surface area contributed by atoms with Crippen molar-refractivity contribution in [2.45, 2.75) is 109 Å². The third-order valence-electron chi connectivity index (χ3n) is 5.11. The fraction of sp³-hybridized carbons (Fsp3) is 0.547. The van der Waals surface area contributed by atoms with E-state index in [1.54, 1.807) is 56.9 Å². The molecule has 1 fully saturated rings. The van der Waals surface area contributed by atoms with Crippen molar-refractivity contribution in [3.63, 3.8) is 0 Å². The summed E-state index contributed by atoms with van der Waals surface area (Å²) in [5, 5.41) is 8.86. The van der Waals surface area contributed by atoms with Crippen LogP contribution in [0.3, 0.4) is 0 Å². The maximum Gasteiger partial charge on any atom is 1.00 e. The van der Waals surface area contributed by atoms with Gasteiger partial charge in [-0.15, -0.1) is 0 Å². The summed E-state index contributed by atoms with van der Waals surface area (Å²) in [6.45, 7) is 29.7. The predicted molar refractivity (Wildman–Crippen MR) is 273 cm³/mol. The van der Waals surface area contributed by atoms with Gasteiger partial charge in [-0.05, 0) is 34.1 Å². The van der Waals surface area contributed by atoms with E-state index in [9.17, 15) is 0 Å². The van der Waals surface area contributed by atoms with Crippen LogP contribution in [0.15, 0.2) is 133 Å². The first-order valence-corrected chi connectivity index (χ1v) is 21.8. The van der Waals surface area contributed by atoms with Gasteiger partial charge in [0.2, 0.25) is 0 Å². The Kier molecular flexibility index (Phi) is 118. The Morgan fingerprint density at radius 3 is 0.836 bits per heavy atom. The Balaban J connectivity index is -0.0000000603. The van der Waals surface area contributed by atoms with E-state index in [4.69, 9.17) is 19.3 Å². The molecule has 0 spiro atoms. The molecule has 0 radical (unpaired) electrons. The molecule has 8 nitrogen and oxygen atoms in total. The van der Waals surface area contributed by atoms with Crippen LogP contribution in [0, 0.1) is 13.8 Å². The minimum atomic E-state index is -0.269. The number of rotatable bonds is 7. The molecule has 0 amide bonds. The summed E-state index contributed by atoms with van der Waals surface area (Å²) >= 11 is 0. The average molecular weight is 866 g/mol. The molecule has 61 heavy (non-hydrogen) atoms. The van der Waals surface area contributed by atoms with E-state index in [1.807, 2.05) is 185 Å². The van der Waals surface area contributed by atoms with Crippen LogP contribution in [0.2, 0.25) is 0 Å². The van der Waals surface area contributed by atoms with E-state index >= 15 is 0 Å². The zero-order valence-corrected chi connectivity index (χ0v) is 43.4. The highest BCUT2D eigenvalue weighted by atomic mass is 16.6. The van der Waals surface area contributed by atoms with Crippen LogP contribution in [0.25, 0.3) is 0 Å². The van der Waals surface area contributed by atoms with Gasteiger partial charge < -0.3 is 38.3 Å². The molecule has 2 unspecified atom stereocenters. The first-order valence-electron chi connectivity index (χ1n) is 21.8. The number of aryl methyl sites for hydroxylation is 2. The van der Waals surface area contributed by atoms with Gasteiger partial charge in [0.15, 0.2) is 0 Å². The molecule has 0 aliphatic carbocycles. The molecule has 0 bridgehead atoms. The van der Waals surface area contributed by atoms with E-state index in [0.29, 0.717) is 19.3 Å². The van der Waals surface area contributed by atoms with Crippen molar-refractivity contribution in [1.82, 2.24) is 0 Å². The second kappa shape index (κ2) is 92.0.